The van der Waals surface area contributed by atoms with Gasteiger partial charge in [0.25, 0.3) is 0 Å². The number of benzene rings is 1. The van der Waals surface area contributed by atoms with Crippen LogP contribution in [0.2, 0.25) is 0 Å². The van der Waals surface area contributed by atoms with E-state index in [1.165, 1.54) is 5.56 Å². The molecule has 1 heterocycles. The molecule has 0 saturated heterocycles. The zero-order valence-corrected chi connectivity index (χ0v) is 15.3. The van der Waals surface area contributed by atoms with Crippen LogP contribution in [0.25, 0.3) is 5.70 Å². The van der Waals surface area contributed by atoms with E-state index in [1.54, 1.807) is 12.3 Å². The molecule has 1 aliphatic carbocycles. The van der Waals surface area contributed by atoms with E-state index in [-0.39, 0.29) is 0 Å². The average Bonchev–Trinajstić information content (AvgIpc) is 2.92. The van der Waals surface area contributed by atoms with Crippen molar-refractivity contribution in [2.24, 2.45) is 4.99 Å². The lowest BCUT2D eigenvalue weighted by molar-refractivity contribution is 0.481. The molecule has 4 heteroatoms. The van der Waals surface area contributed by atoms with E-state index in [1.807, 2.05) is 32.1 Å². The number of allylic oxidation sites excluding steroid dienone is 2. The van der Waals surface area contributed by atoms with Gasteiger partial charge >= 0.3 is 0 Å². The summed E-state index contributed by atoms with van der Waals surface area (Å²) in [5.74, 6) is 1.86. The number of hydrogen-bond acceptors (Lipinski definition) is 4. The maximum atomic E-state index is 9.26. The summed E-state index contributed by atoms with van der Waals surface area (Å²) in [6, 6.07) is 8.38. The molecule has 1 atom stereocenters. The van der Waals surface area contributed by atoms with Gasteiger partial charge in [0.15, 0.2) is 0 Å². The summed E-state index contributed by atoms with van der Waals surface area (Å²) in [7, 11) is 0. The van der Waals surface area contributed by atoms with Crippen LogP contribution in [0.1, 0.15) is 59.7 Å². The first-order valence-electron chi connectivity index (χ1n) is 8.96. The highest BCUT2D eigenvalue weighted by atomic mass is 16.4. The molecule has 2 aromatic rings. The van der Waals surface area contributed by atoms with Gasteiger partial charge in [-0.2, -0.15) is 5.26 Å². The van der Waals surface area contributed by atoms with E-state index < -0.39 is 0 Å². The number of aryl methyl sites for hydroxylation is 2. The van der Waals surface area contributed by atoms with Crippen molar-refractivity contribution < 1.29 is 4.42 Å². The monoisotopic (exact) mass is 345 g/mol. The molecule has 1 aromatic carbocycles. The van der Waals surface area contributed by atoms with Gasteiger partial charge in [-0.05, 0) is 61.9 Å². The Balaban J connectivity index is 1.93. The average molecular weight is 345 g/mol. The summed E-state index contributed by atoms with van der Waals surface area (Å²) in [6.45, 7) is 7.64. The van der Waals surface area contributed by atoms with Gasteiger partial charge in [-0.15, -0.1) is 0 Å². The number of aromatic nitrogens is 1. The molecule has 0 N–H and O–H groups in total. The van der Waals surface area contributed by atoms with Crippen molar-refractivity contribution in [3.05, 3.63) is 71.0 Å². The van der Waals surface area contributed by atoms with Crippen LogP contribution < -0.4 is 0 Å². The first kappa shape index (κ1) is 17.9. The van der Waals surface area contributed by atoms with Crippen LogP contribution in [0, 0.1) is 18.3 Å². The molecule has 0 spiro atoms. The van der Waals surface area contributed by atoms with E-state index in [0.717, 1.165) is 48.3 Å². The summed E-state index contributed by atoms with van der Waals surface area (Å²) >= 11 is 0. The van der Waals surface area contributed by atoms with E-state index in [9.17, 15) is 5.26 Å². The molecule has 1 aromatic heterocycles. The Morgan fingerprint density at radius 2 is 2.27 bits per heavy atom. The molecular weight excluding hydrogens is 322 g/mol. The number of rotatable bonds is 4. The van der Waals surface area contributed by atoms with Crippen molar-refractivity contribution in [2.75, 3.05) is 0 Å². The molecule has 1 aliphatic rings. The second kappa shape index (κ2) is 7.97. The number of fused-ring (bicyclic) bond motifs is 1. The maximum absolute atomic E-state index is 9.26. The Morgan fingerprint density at radius 1 is 1.42 bits per heavy atom. The molecule has 4 nitrogen and oxygen atoms in total. The highest BCUT2D eigenvalue weighted by Gasteiger charge is 2.24. The van der Waals surface area contributed by atoms with Crippen LogP contribution in [0.4, 0.5) is 0 Å². The quantitative estimate of drug-likeness (QED) is 0.438. The molecule has 0 aliphatic heterocycles. The van der Waals surface area contributed by atoms with Gasteiger partial charge in [0.1, 0.15) is 11.5 Å². The Labute approximate surface area is 154 Å². The summed E-state index contributed by atoms with van der Waals surface area (Å²) in [5.41, 5.74) is 4.75. The molecule has 26 heavy (non-hydrogen) atoms. The van der Waals surface area contributed by atoms with Crippen LogP contribution in [0.3, 0.4) is 0 Å². The minimum Gasteiger partial charge on any atom is -0.440 e. The van der Waals surface area contributed by atoms with Crippen molar-refractivity contribution in [3.8, 4) is 6.07 Å². The number of nitriles is 1. The minimum atomic E-state index is 0.350. The second-order valence-corrected chi connectivity index (χ2v) is 6.60. The first-order chi connectivity index (χ1) is 12.6. The molecule has 0 saturated carbocycles. The SMILES string of the molecule is C=C/C=C(\N=CC)c1nc2c(o1)CCCC(c1cc(C)cc(C#N)c1)C2. The minimum absolute atomic E-state index is 0.350. The zero-order chi connectivity index (χ0) is 18.5. The molecule has 3 rings (SSSR count). The van der Waals surface area contributed by atoms with Gasteiger partial charge in [0.2, 0.25) is 5.89 Å². The fourth-order valence-corrected chi connectivity index (χ4v) is 3.51. The van der Waals surface area contributed by atoms with Crippen molar-refractivity contribution in [3.63, 3.8) is 0 Å². The lowest BCUT2D eigenvalue weighted by Crippen LogP contribution is -2.03. The molecule has 0 amide bonds. The van der Waals surface area contributed by atoms with Crippen molar-refractivity contribution in [1.29, 1.82) is 5.26 Å². The van der Waals surface area contributed by atoms with Gasteiger partial charge in [0.05, 0.1) is 17.3 Å². The topological polar surface area (TPSA) is 62.2 Å². The predicted octanol–water partition coefficient (Wildman–Crippen LogP) is 5.13. The number of oxazole rings is 1. The van der Waals surface area contributed by atoms with Gasteiger partial charge < -0.3 is 4.42 Å². The van der Waals surface area contributed by atoms with Crippen molar-refractivity contribution in [2.45, 2.75) is 45.4 Å². The van der Waals surface area contributed by atoms with Crippen LogP contribution in [0.5, 0.6) is 0 Å². The van der Waals surface area contributed by atoms with E-state index in [2.05, 4.69) is 23.7 Å². The third kappa shape index (κ3) is 3.83. The molecule has 0 fully saturated rings. The normalized spacial score (nSPS) is 17.6. The number of hydrogen-bond donors (Lipinski definition) is 0. The summed E-state index contributed by atoms with van der Waals surface area (Å²) in [5, 5.41) is 9.26. The third-order valence-electron chi connectivity index (χ3n) is 4.64. The van der Waals surface area contributed by atoms with Crippen LogP contribution in [0.15, 0.2) is 46.3 Å². The van der Waals surface area contributed by atoms with Crippen molar-refractivity contribution >= 4 is 11.9 Å². The maximum Gasteiger partial charge on any atom is 0.245 e. The highest BCUT2D eigenvalue weighted by molar-refractivity contribution is 5.70. The molecular formula is C22H23N3O. The molecule has 0 radical (unpaired) electrons. The largest absolute Gasteiger partial charge is 0.440 e. The van der Waals surface area contributed by atoms with Gasteiger partial charge in [0, 0.05) is 19.1 Å². The van der Waals surface area contributed by atoms with Crippen LogP contribution in [-0.2, 0) is 12.8 Å². The number of aliphatic imine (C=N–C) groups is 1. The van der Waals surface area contributed by atoms with Gasteiger partial charge in [-0.3, -0.25) is 4.99 Å². The molecule has 0 bridgehead atoms. The third-order valence-corrected chi connectivity index (χ3v) is 4.64. The fourth-order valence-electron chi connectivity index (χ4n) is 3.51. The van der Waals surface area contributed by atoms with E-state index in [0.29, 0.717) is 17.5 Å². The smallest absolute Gasteiger partial charge is 0.245 e. The summed E-state index contributed by atoms with van der Waals surface area (Å²) in [4.78, 5) is 9.06. The van der Waals surface area contributed by atoms with Crippen LogP contribution in [-0.4, -0.2) is 11.2 Å². The van der Waals surface area contributed by atoms with E-state index in [4.69, 9.17) is 9.40 Å². The summed E-state index contributed by atoms with van der Waals surface area (Å²) in [6.07, 6.45) is 9.04. The molecule has 132 valence electrons. The summed E-state index contributed by atoms with van der Waals surface area (Å²) < 4.78 is 6.01. The lowest BCUT2D eigenvalue weighted by Gasteiger charge is -2.15. The second-order valence-electron chi connectivity index (χ2n) is 6.60. The van der Waals surface area contributed by atoms with Crippen molar-refractivity contribution in [1.82, 2.24) is 4.98 Å². The Morgan fingerprint density at radius 3 is 3.00 bits per heavy atom. The van der Waals surface area contributed by atoms with E-state index >= 15 is 0 Å². The molecule has 1 unspecified atom stereocenters. The Kier molecular flexibility index (Phi) is 5.48. The standard InChI is InChI=1S/C22H23N3O/c1-4-7-19(24-5-2)22-25-20-13-17(8-6-9-21(20)26-22)18-11-15(3)10-16(12-18)14-23/h4-5,7,10-12,17H,1,6,8-9,13H2,2-3H3/b19-7-,24-5?. The fraction of sp³-hybridized carbons (Fsp3) is 0.318. The van der Waals surface area contributed by atoms with Gasteiger partial charge in [-0.25, -0.2) is 4.98 Å². The zero-order valence-electron chi connectivity index (χ0n) is 15.3. The predicted molar refractivity (Wildman–Crippen MR) is 104 cm³/mol. The van der Waals surface area contributed by atoms with Crippen LogP contribution >= 0.6 is 0 Å². The van der Waals surface area contributed by atoms with Gasteiger partial charge in [-0.1, -0.05) is 18.7 Å². The first-order valence-corrected chi connectivity index (χ1v) is 8.96. The lowest BCUT2D eigenvalue weighted by atomic mass is 9.89. The highest BCUT2D eigenvalue weighted by Crippen LogP contribution is 2.33. The Bertz CT molecular complexity index is 912. The number of nitrogens with zero attached hydrogens (tertiary/aromatic N) is 3. The Hall–Kier alpha value is -2.93.